The second-order valence-corrected chi connectivity index (χ2v) is 8.83. The van der Waals surface area contributed by atoms with Crippen LogP contribution in [0.25, 0.3) is 0 Å². The summed E-state index contributed by atoms with van der Waals surface area (Å²) in [6.07, 6.45) is 6.34. The Kier molecular flexibility index (Phi) is 5.98. The smallest absolute Gasteiger partial charge is 0.326 e. The molecular formula is C23H29N3O5. The average Bonchev–Trinajstić information content (AvgIpc) is 2.99. The molecule has 1 aromatic carbocycles. The van der Waals surface area contributed by atoms with Crippen LogP contribution in [0.5, 0.6) is 0 Å². The van der Waals surface area contributed by atoms with Gasteiger partial charge in [-0.25, -0.2) is 4.79 Å². The Hall–Kier alpha value is -2.90. The lowest BCUT2D eigenvalue weighted by Crippen LogP contribution is -2.47. The Labute approximate surface area is 181 Å². The van der Waals surface area contributed by atoms with Gasteiger partial charge in [0.1, 0.15) is 12.1 Å². The van der Waals surface area contributed by atoms with Crippen LogP contribution in [-0.2, 0) is 31.1 Å². The molecule has 8 nitrogen and oxygen atoms in total. The van der Waals surface area contributed by atoms with Gasteiger partial charge in [-0.1, -0.05) is 44.0 Å². The minimum absolute atomic E-state index is 0.0946. The van der Waals surface area contributed by atoms with Crippen molar-refractivity contribution in [1.82, 2.24) is 15.5 Å². The molecule has 1 aromatic rings. The van der Waals surface area contributed by atoms with Crippen LogP contribution in [0.1, 0.15) is 56.6 Å². The van der Waals surface area contributed by atoms with E-state index < -0.39 is 36.6 Å². The van der Waals surface area contributed by atoms with Gasteiger partial charge in [-0.05, 0) is 49.1 Å². The zero-order valence-corrected chi connectivity index (χ0v) is 17.8. The van der Waals surface area contributed by atoms with Gasteiger partial charge < -0.3 is 15.4 Å². The van der Waals surface area contributed by atoms with Gasteiger partial charge in [0.05, 0.1) is 0 Å². The van der Waals surface area contributed by atoms with Crippen LogP contribution in [0.4, 0.5) is 4.79 Å². The third-order valence-electron chi connectivity index (χ3n) is 6.76. The van der Waals surface area contributed by atoms with E-state index in [1.165, 1.54) is 6.42 Å². The zero-order valence-electron chi connectivity index (χ0n) is 17.8. The molecule has 3 atom stereocenters. The van der Waals surface area contributed by atoms with Crippen LogP contribution in [-0.4, -0.2) is 47.9 Å². The largest absolute Gasteiger partial charge is 0.454 e. The highest BCUT2D eigenvalue weighted by molar-refractivity contribution is 6.09. The van der Waals surface area contributed by atoms with Gasteiger partial charge in [-0.15, -0.1) is 0 Å². The van der Waals surface area contributed by atoms with Gasteiger partial charge in [-0.3, -0.25) is 19.3 Å². The molecule has 2 fully saturated rings. The molecule has 3 aliphatic rings. The number of rotatable bonds is 5. The quantitative estimate of drug-likeness (QED) is 0.553. The summed E-state index contributed by atoms with van der Waals surface area (Å²) in [5.74, 6) is -1.19. The van der Waals surface area contributed by atoms with Crippen molar-refractivity contribution in [3.8, 4) is 0 Å². The van der Waals surface area contributed by atoms with Crippen molar-refractivity contribution in [3.05, 3.63) is 35.4 Å². The normalized spacial score (nSPS) is 27.6. The maximum Gasteiger partial charge on any atom is 0.326 e. The van der Waals surface area contributed by atoms with Gasteiger partial charge in [0.15, 0.2) is 6.61 Å². The topological polar surface area (TPSA) is 105 Å². The fraction of sp³-hybridized carbons (Fsp3) is 0.565. The summed E-state index contributed by atoms with van der Waals surface area (Å²) in [5.41, 5.74) is 0.692. The molecule has 0 bridgehead atoms. The maximum absolute atomic E-state index is 13.2. The number of carbonyl (C=O) groups is 4. The molecule has 1 saturated carbocycles. The lowest BCUT2D eigenvalue weighted by atomic mass is 9.76. The van der Waals surface area contributed by atoms with Crippen LogP contribution in [0, 0.1) is 5.92 Å². The minimum atomic E-state index is -1.12. The molecule has 1 saturated heterocycles. The maximum atomic E-state index is 13.2. The number of fused-ring (bicyclic) bond motifs is 2. The Morgan fingerprint density at radius 1 is 1.19 bits per heavy atom. The summed E-state index contributed by atoms with van der Waals surface area (Å²) in [7, 11) is 0. The van der Waals surface area contributed by atoms with Gasteiger partial charge in [0.25, 0.3) is 11.8 Å². The van der Waals surface area contributed by atoms with Crippen LogP contribution in [0.2, 0.25) is 0 Å². The number of nitrogens with one attached hydrogen (secondary N) is 2. The summed E-state index contributed by atoms with van der Waals surface area (Å²) in [6.45, 7) is 1.17. The molecule has 4 rings (SSSR count). The van der Waals surface area contributed by atoms with Crippen LogP contribution in [0.15, 0.2) is 24.3 Å². The van der Waals surface area contributed by atoms with Crippen LogP contribution < -0.4 is 10.6 Å². The van der Waals surface area contributed by atoms with Crippen molar-refractivity contribution >= 4 is 23.8 Å². The highest BCUT2D eigenvalue weighted by atomic mass is 16.5. The summed E-state index contributed by atoms with van der Waals surface area (Å²) < 4.78 is 5.06. The second kappa shape index (κ2) is 8.69. The first-order chi connectivity index (χ1) is 14.9. The van der Waals surface area contributed by atoms with E-state index in [0.29, 0.717) is 12.3 Å². The number of hydrogen-bond acceptors (Lipinski definition) is 5. The monoisotopic (exact) mass is 427 g/mol. The molecule has 0 aromatic heterocycles. The Morgan fingerprint density at radius 3 is 2.77 bits per heavy atom. The Morgan fingerprint density at radius 2 is 1.97 bits per heavy atom. The number of aryl methyl sites for hydroxylation is 1. The molecule has 166 valence electrons. The van der Waals surface area contributed by atoms with Crippen molar-refractivity contribution in [2.45, 2.75) is 63.5 Å². The van der Waals surface area contributed by atoms with Crippen LogP contribution >= 0.6 is 0 Å². The van der Waals surface area contributed by atoms with Crippen molar-refractivity contribution in [1.29, 1.82) is 0 Å². The fourth-order valence-corrected chi connectivity index (χ4v) is 5.05. The SMILES string of the molecule is C[C@@H]1CCCC[C@H]1NC(=O)COC(=O)CN1C(=O)N[C@]2(CCCc3ccccc32)C1=O. The van der Waals surface area contributed by atoms with E-state index in [1.54, 1.807) is 0 Å². The van der Waals surface area contributed by atoms with E-state index in [1.807, 2.05) is 24.3 Å². The zero-order chi connectivity index (χ0) is 22.0. The van der Waals surface area contributed by atoms with Crippen molar-refractivity contribution in [2.75, 3.05) is 13.2 Å². The molecule has 0 unspecified atom stereocenters. The number of amides is 4. The molecule has 2 aliphatic carbocycles. The molecule has 1 spiro atoms. The number of nitrogens with zero attached hydrogens (tertiary/aromatic N) is 1. The van der Waals surface area contributed by atoms with Crippen LogP contribution in [0.3, 0.4) is 0 Å². The van der Waals surface area contributed by atoms with Crippen molar-refractivity contribution in [3.63, 3.8) is 0 Å². The Balaban J connectivity index is 1.34. The third-order valence-corrected chi connectivity index (χ3v) is 6.76. The molecular weight excluding hydrogens is 398 g/mol. The average molecular weight is 428 g/mol. The molecule has 1 aliphatic heterocycles. The first-order valence-corrected chi connectivity index (χ1v) is 11.1. The first kappa shape index (κ1) is 21.3. The van der Waals surface area contributed by atoms with Crippen molar-refractivity contribution < 1.29 is 23.9 Å². The van der Waals surface area contributed by atoms with Gasteiger partial charge in [0, 0.05) is 6.04 Å². The van der Waals surface area contributed by atoms with Crippen molar-refractivity contribution in [2.24, 2.45) is 5.92 Å². The number of hydrogen-bond donors (Lipinski definition) is 2. The molecule has 4 amide bonds. The summed E-state index contributed by atoms with van der Waals surface area (Å²) >= 11 is 0. The Bertz CT molecular complexity index is 901. The van der Waals surface area contributed by atoms with E-state index in [0.717, 1.165) is 48.1 Å². The molecule has 1 heterocycles. The van der Waals surface area contributed by atoms with E-state index in [-0.39, 0.29) is 11.9 Å². The fourth-order valence-electron chi connectivity index (χ4n) is 5.05. The molecule has 8 heteroatoms. The number of carbonyl (C=O) groups excluding carboxylic acids is 4. The lowest BCUT2D eigenvalue weighted by Gasteiger charge is -2.33. The lowest BCUT2D eigenvalue weighted by molar-refractivity contribution is -0.151. The number of urea groups is 1. The third kappa shape index (κ3) is 4.16. The number of benzene rings is 1. The van der Waals surface area contributed by atoms with Gasteiger partial charge in [-0.2, -0.15) is 0 Å². The summed E-state index contributed by atoms with van der Waals surface area (Å²) in [6, 6.07) is 7.04. The molecule has 2 N–H and O–H groups in total. The number of imide groups is 1. The summed E-state index contributed by atoms with van der Waals surface area (Å²) in [5, 5.41) is 5.72. The van der Waals surface area contributed by atoms with Gasteiger partial charge in [0.2, 0.25) is 0 Å². The van der Waals surface area contributed by atoms with E-state index in [4.69, 9.17) is 4.74 Å². The van der Waals surface area contributed by atoms with E-state index >= 15 is 0 Å². The number of ether oxygens (including phenoxy) is 1. The predicted octanol–water partition coefficient (Wildman–Crippen LogP) is 2.01. The summed E-state index contributed by atoms with van der Waals surface area (Å²) in [4.78, 5) is 51.1. The number of esters is 1. The van der Waals surface area contributed by atoms with E-state index in [2.05, 4.69) is 17.6 Å². The highest BCUT2D eigenvalue weighted by Crippen LogP contribution is 2.39. The minimum Gasteiger partial charge on any atom is -0.454 e. The molecule has 31 heavy (non-hydrogen) atoms. The highest BCUT2D eigenvalue weighted by Gasteiger charge is 2.54. The van der Waals surface area contributed by atoms with Gasteiger partial charge >= 0.3 is 12.0 Å². The standard InChI is InChI=1S/C23H29N3O5/c1-15-7-2-5-11-18(15)24-19(27)14-31-20(28)13-26-21(29)23(25-22(26)30)12-6-9-16-8-3-4-10-17(16)23/h3-4,8,10,15,18H,2,5-7,9,11-14H2,1H3,(H,24,27)(H,25,30)/t15-,18-,23+/m1/s1. The molecule has 0 radical (unpaired) electrons. The predicted molar refractivity (Wildman–Crippen MR) is 112 cm³/mol. The second-order valence-electron chi connectivity index (χ2n) is 8.83. The van der Waals surface area contributed by atoms with E-state index in [9.17, 15) is 19.2 Å². The first-order valence-electron chi connectivity index (χ1n) is 11.1.